The maximum atomic E-state index is 15.1. The van der Waals surface area contributed by atoms with Gasteiger partial charge in [0.1, 0.15) is 11.4 Å². The van der Waals surface area contributed by atoms with Crippen LogP contribution in [0.4, 0.5) is 27.6 Å². The first-order valence-electron chi connectivity index (χ1n) is 13.7. The van der Waals surface area contributed by atoms with Gasteiger partial charge in [0.25, 0.3) is 11.8 Å². The highest BCUT2D eigenvalue weighted by Gasteiger charge is 2.77. The fraction of sp³-hybridized carbons (Fsp3) is 0.290. The number of phenols is 1. The summed E-state index contributed by atoms with van der Waals surface area (Å²) in [6.45, 7) is 0. The zero-order valence-electron chi connectivity index (χ0n) is 22.9. The minimum atomic E-state index is -2.72. The summed E-state index contributed by atoms with van der Waals surface area (Å²) in [7, 11) is 1.29. The number of benzene rings is 3. The van der Waals surface area contributed by atoms with Gasteiger partial charge in [-0.25, -0.2) is 26.9 Å². The first-order valence-corrected chi connectivity index (χ1v) is 14.4. The van der Waals surface area contributed by atoms with Crippen molar-refractivity contribution in [1.29, 1.82) is 0 Å². The Balaban J connectivity index is 1.54. The van der Waals surface area contributed by atoms with Gasteiger partial charge in [0.2, 0.25) is 17.6 Å². The van der Waals surface area contributed by atoms with Gasteiger partial charge in [-0.1, -0.05) is 42.0 Å². The third-order valence-corrected chi connectivity index (χ3v) is 11.1. The molecule has 1 N–H and O–H groups in total. The van der Waals surface area contributed by atoms with Crippen LogP contribution in [0.3, 0.4) is 0 Å². The topological polar surface area (TPSA) is 95.0 Å². The van der Waals surface area contributed by atoms with E-state index in [4.69, 9.17) is 23.2 Å². The van der Waals surface area contributed by atoms with Crippen molar-refractivity contribution in [2.75, 3.05) is 11.9 Å². The number of halogens is 7. The lowest BCUT2D eigenvalue weighted by Gasteiger charge is -2.51. The highest BCUT2D eigenvalue weighted by Crippen LogP contribution is 2.67. The number of carbonyl (C=O) groups is 4. The summed E-state index contributed by atoms with van der Waals surface area (Å²) >= 11 is 14.2. The Hall–Kier alpha value is -4.03. The molecular formula is C31H19Cl2F5N2O5. The minimum absolute atomic E-state index is 0.0131. The molecule has 45 heavy (non-hydrogen) atoms. The minimum Gasteiger partial charge on any atom is -0.508 e. The SMILES string of the molecule is CN1C(=O)C2CC=C3C(CC4(Cl)C(=O)N(c5c(F)c(F)c(F)c(F)c5F)C(=O)C4(Cl)C3c3c(O)ccc4ccccc34)C2C1=O. The summed E-state index contributed by atoms with van der Waals surface area (Å²) < 4.78 is 72.9. The van der Waals surface area contributed by atoms with Crippen LogP contribution in [0.15, 0.2) is 48.0 Å². The predicted molar refractivity (Wildman–Crippen MR) is 150 cm³/mol. The molecule has 14 heteroatoms. The molecular weight excluding hydrogens is 646 g/mol. The van der Waals surface area contributed by atoms with Crippen molar-refractivity contribution in [2.24, 2.45) is 17.8 Å². The highest BCUT2D eigenvalue weighted by molar-refractivity contribution is 6.58. The second-order valence-electron chi connectivity index (χ2n) is 11.6. The Kier molecular flexibility index (Phi) is 6.26. The number of rotatable bonds is 2. The van der Waals surface area contributed by atoms with Crippen molar-refractivity contribution in [2.45, 2.75) is 28.5 Å². The van der Waals surface area contributed by atoms with E-state index >= 15 is 8.78 Å². The van der Waals surface area contributed by atoms with Gasteiger partial charge in [0.15, 0.2) is 33.0 Å². The molecule has 6 atom stereocenters. The summed E-state index contributed by atoms with van der Waals surface area (Å²) in [6, 6.07) is 9.42. The van der Waals surface area contributed by atoms with Crippen LogP contribution < -0.4 is 4.90 Å². The smallest absolute Gasteiger partial charge is 0.258 e. The molecule has 232 valence electrons. The number of aromatic hydroxyl groups is 1. The first kappa shape index (κ1) is 29.7. The summed E-state index contributed by atoms with van der Waals surface area (Å²) in [5.41, 5.74) is -1.63. The molecule has 2 aliphatic carbocycles. The molecule has 0 spiro atoms. The molecule has 6 unspecified atom stereocenters. The van der Waals surface area contributed by atoms with Gasteiger partial charge in [0, 0.05) is 18.5 Å². The van der Waals surface area contributed by atoms with Gasteiger partial charge >= 0.3 is 0 Å². The molecule has 3 fully saturated rings. The molecule has 1 saturated carbocycles. The first-order chi connectivity index (χ1) is 21.2. The highest BCUT2D eigenvalue weighted by atomic mass is 35.5. The van der Waals surface area contributed by atoms with Gasteiger partial charge in [0.05, 0.1) is 11.8 Å². The number of hydrogen-bond acceptors (Lipinski definition) is 5. The summed E-state index contributed by atoms with van der Waals surface area (Å²) in [6.07, 6.45) is 0.969. The van der Waals surface area contributed by atoms with Gasteiger partial charge in [-0.05, 0) is 35.6 Å². The van der Waals surface area contributed by atoms with Crippen molar-refractivity contribution in [1.82, 2.24) is 4.90 Å². The number of hydrogen-bond donors (Lipinski definition) is 1. The molecule has 4 aliphatic rings. The van der Waals surface area contributed by atoms with E-state index in [2.05, 4.69) is 0 Å². The normalized spacial score (nSPS) is 31.0. The van der Waals surface area contributed by atoms with E-state index in [1.165, 1.54) is 13.1 Å². The number of allylic oxidation sites excluding steroid dienone is 2. The summed E-state index contributed by atoms with van der Waals surface area (Å²) in [4.78, 5) is 50.2. The molecule has 2 saturated heterocycles. The fourth-order valence-electron chi connectivity index (χ4n) is 7.63. The molecule has 0 aromatic heterocycles. The monoisotopic (exact) mass is 664 g/mol. The van der Waals surface area contributed by atoms with Crippen molar-refractivity contribution in [3.8, 4) is 5.75 Å². The maximum absolute atomic E-state index is 15.1. The summed E-state index contributed by atoms with van der Waals surface area (Å²) in [5.74, 6) is -21.5. The van der Waals surface area contributed by atoms with Crippen LogP contribution in [0.25, 0.3) is 10.8 Å². The lowest BCUT2D eigenvalue weighted by molar-refractivity contribution is -0.138. The van der Waals surface area contributed by atoms with Crippen LogP contribution in [0, 0.1) is 46.8 Å². The molecule has 3 aromatic carbocycles. The lowest BCUT2D eigenvalue weighted by Crippen LogP contribution is -2.60. The quantitative estimate of drug-likeness (QED) is 0.0984. The average molecular weight is 665 g/mol. The fourth-order valence-corrected chi connectivity index (χ4v) is 8.55. The van der Waals surface area contributed by atoms with E-state index in [-0.39, 0.29) is 22.5 Å². The number of amides is 4. The zero-order valence-corrected chi connectivity index (χ0v) is 24.4. The van der Waals surface area contributed by atoms with E-state index in [0.29, 0.717) is 10.8 Å². The molecule has 3 aromatic rings. The van der Waals surface area contributed by atoms with Gasteiger partial charge in [-0.2, -0.15) is 0 Å². The molecule has 0 radical (unpaired) electrons. The van der Waals surface area contributed by atoms with E-state index in [9.17, 15) is 37.5 Å². The number of alkyl halides is 2. The van der Waals surface area contributed by atoms with Crippen LogP contribution in [-0.4, -0.2) is 50.4 Å². The Morgan fingerprint density at radius 2 is 1.44 bits per heavy atom. The van der Waals surface area contributed by atoms with Crippen LogP contribution in [0.2, 0.25) is 0 Å². The van der Waals surface area contributed by atoms with E-state index in [1.54, 1.807) is 36.4 Å². The largest absolute Gasteiger partial charge is 0.508 e. The van der Waals surface area contributed by atoms with Crippen LogP contribution in [-0.2, 0) is 19.2 Å². The number of likely N-dealkylation sites (tertiary alicyclic amines) is 1. The second kappa shape index (κ2) is 9.49. The molecule has 2 heterocycles. The van der Waals surface area contributed by atoms with Gasteiger partial charge < -0.3 is 5.11 Å². The maximum Gasteiger partial charge on any atom is 0.258 e. The van der Waals surface area contributed by atoms with Crippen LogP contribution in [0.1, 0.15) is 24.3 Å². The number of phenolic OH excluding ortho intramolecular Hbond substituents is 1. The third-order valence-electron chi connectivity index (χ3n) is 9.68. The van der Waals surface area contributed by atoms with E-state index in [0.717, 1.165) is 4.90 Å². The van der Waals surface area contributed by atoms with Crippen molar-refractivity contribution in [3.63, 3.8) is 0 Å². The molecule has 4 amide bonds. The van der Waals surface area contributed by atoms with Crippen LogP contribution >= 0.6 is 23.2 Å². The van der Waals surface area contributed by atoms with Gasteiger partial charge in [-0.15, -0.1) is 23.2 Å². The third kappa shape index (κ3) is 3.46. The Morgan fingerprint density at radius 1 is 0.822 bits per heavy atom. The molecule has 0 bridgehead atoms. The van der Waals surface area contributed by atoms with Crippen molar-refractivity contribution >= 4 is 63.3 Å². The van der Waals surface area contributed by atoms with Gasteiger partial charge in [-0.3, -0.25) is 24.1 Å². The Morgan fingerprint density at radius 3 is 2.11 bits per heavy atom. The van der Waals surface area contributed by atoms with E-state index < -0.39 is 104 Å². The number of anilines is 1. The van der Waals surface area contributed by atoms with Crippen molar-refractivity contribution < 1.29 is 46.2 Å². The zero-order chi connectivity index (χ0) is 32.5. The average Bonchev–Trinajstić information content (AvgIpc) is 3.33. The van der Waals surface area contributed by atoms with E-state index in [1.807, 2.05) is 0 Å². The number of nitrogens with zero attached hydrogens (tertiary/aromatic N) is 2. The Labute approximate surface area is 260 Å². The summed E-state index contributed by atoms with van der Waals surface area (Å²) in [5, 5.41) is 12.2. The van der Waals surface area contributed by atoms with Crippen LogP contribution in [0.5, 0.6) is 5.75 Å². The molecule has 7 nitrogen and oxygen atoms in total. The number of fused-ring (bicyclic) bond motifs is 5. The Bertz CT molecular complexity index is 1940. The molecule has 7 rings (SSSR count). The number of imide groups is 2. The standard InChI is InChI=1S/C31H19Cl2F5N2O5/c1-39-26(42)14-8-7-13-15(17(14)27(39)43)10-30(32)28(44)40(25-23(37)21(35)20(34)22(36)24(25)38)29(45)31(30,33)19(13)18-12-5-3-2-4-11(12)6-9-16(18)41/h2-7,9,14-15,17,19,41H,8,10H2,1H3. The molecule has 2 aliphatic heterocycles. The number of carbonyl (C=O) groups excluding carboxylic acids is 4. The lowest BCUT2D eigenvalue weighted by atomic mass is 9.56. The van der Waals surface area contributed by atoms with Crippen molar-refractivity contribution in [3.05, 3.63) is 82.7 Å². The second-order valence-corrected chi connectivity index (χ2v) is 12.9. The predicted octanol–water partition coefficient (Wildman–Crippen LogP) is 5.43.